The number of amides is 1. The van der Waals surface area contributed by atoms with Gasteiger partial charge < -0.3 is 10.1 Å². The monoisotopic (exact) mass is 417 g/mol. The van der Waals surface area contributed by atoms with E-state index in [0.29, 0.717) is 18.4 Å². The molecular weight excluding hydrogens is 394 g/mol. The highest BCUT2D eigenvalue weighted by Crippen LogP contribution is 2.24. The quantitative estimate of drug-likeness (QED) is 0.643. The first-order valence-electron chi connectivity index (χ1n) is 10.2. The average molecular weight is 417 g/mol. The molecule has 1 atom stereocenters. The average Bonchev–Trinajstić information content (AvgIpc) is 3.17. The fourth-order valence-electron chi connectivity index (χ4n) is 3.89. The third kappa shape index (κ3) is 4.55. The molecule has 0 fully saturated rings. The zero-order valence-electron chi connectivity index (χ0n) is 17.2. The Morgan fingerprint density at radius 3 is 2.65 bits per heavy atom. The molecule has 4 rings (SSSR count). The Morgan fingerprint density at radius 2 is 1.90 bits per heavy atom. The van der Waals surface area contributed by atoms with Crippen LogP contribution in [0.15, 0.2) is 64.5 Å². The van der Waals surface area contributed by atoms with E-state index in [4.69, 9.17) is 5.11 Å². The largest absolute Gasteiger partial charge is 0.481 e. The maximum Gasteiger partial charge on any atom is 0.303 e. The standard InChI is InChI=1S/C24H23N3O4/c1-15-7-8-20-17(11-15)12-18(24(31)25-20)13-19-14-21(16-5-3-2-4-6-16)26-27(19)22(28)9-10-23(29)30/h2-8,11-12,19H,9-10,13-14H2,1H3,(H,25,31)(H,29,30). The lowest BCUT2D eigenvalue weighted by Crippen LogP contribution is -2.35. The molecule has 2 aromatic carbocycles. The highest BCUT2D eigenvalue weighted by molar-refractivity contribution is 6.03. The summed E-state index contributed by atoms with van der Waals surface area (Å²) in [6.07, 6.45) is 0.435. The van der Waals surface area contributed by atoms with E-state index in [9.17, 15) is 14.4 Å². The first kappa shape index (κ1) is 20.5. The van der Waals surface area contributed by atoms with Crippen LogP contribution in [-0.4, -0.2) is 38.7 Å². The SMILES string of the molecule is Cc1ccc2[nH]c(=O)c(CC3CC(c4ccccc4)=NN3C(=O)CCC(=O)O)cc2c1. The van der Waals surface area contributed by atoms with E-state index >= 15 is 0 Å². The minimum atomic E-state index is -1.03. The van der Waals surface area contributed by atoms with E-state index < -0.39 is 5.97 Å². The van der Waals surface area contributed by atoms with Gasteiger partial charge in [-0.1, -0.05) is 42.0 Å². The second-order valence-corrected chi connectivity index (χ2v) is 7.82. The van der Waals surface area contributed by atoms with E-state index in [1.807, 2.05) is 61.5 Å². The van der Waals surface area contributed by atoms with Crippen LogP contribution in [0.4, 0.5) is 0 Å². The van der Waals surface area contributed by atoms with E-state index in [2.05, 4.69) is 10.1 Å². The lowest BCUT2D eigenvalue weighted by Gasteiger charge is -2.21. The number of aromatic amines is 1. The van der Waals surface area contributed by atoms with E-state index in [1.165, 1.54) is 5.01 Å². The maximum absolute atomic E-state index is 12.7. The number of hydrazone groups is 1. The van der Waals surface area contributed by atoms with Gasteiger partial charge in [-0.3, -0.25) is 14.4 Å². The summed E-state index contributed by atoms with van der Waals surface area (Å²) in [7, 11) is 0. The zero-order chi connectivity index (χ0) is 22.0. The van der Waals surface area contributed by atoms with Crippen LogP contribution in [0.3, 0.4) is 0 Å². The van der Waals surface area contributed by atoms with Gasteiger partial charge in [0.15, 0.2) is 0 Å². The molecule has 0 saturated carbocycles. The Morgan fingerprint density at radius 1 is 1.13 bits per heavy atom. The molecule has 1 amide bonds. The molecule has 31 heavy (non-hydrogen) atoms. The van der Waals surface area contributed by atoms with Gasteiger partial charge in [0.05, 0.1) is 18.2 Å². The summed E-state index contributed by atoms with van der Waals surface area (Å²) in [5.41, 5.74) is 3.89. The van der Waals surface area contributed by atoms with Crippen LogP contribution in [0.2, 0.25) is 0 Å². The van der Waals surface area contributed by atoms with Gasteiger partial charge in [0.25, 0.3) is 5.56 Å². The number of rotatable bonds is 6. The smallest absolute Gasteiger partial charge is 0.303 e. The highest BCUT2D eigenvalue weighted by Gasteiger charge is 2.32. The fraction of sp³-hybridized carbons (Fsp3) is 0.250. The second-order valence-electron chi connectivity index (χ2n) is 7.82. The first-order valence-corrected chi connectivity index (χ1v) is 10.2. The van der Waals surface area contributed by atoms with Gasteiger partial charge in [-0.15, -0.1) is 0 Å². The molecule has 7 heteroatoms. The van der Waals surface area contributed by atoms with Crippen LogP contribution in [0, 0.1) is 6.92 Å². The van der Waals surface area contributed by atoms with Crippen LogP contribution in [-0.2, 0) is 16.0 Å². The maximum atomic E-state index is 12.7. The molecule has 0 radical (unpaired) electrons. The van der Waals surface area contributed by atoms with Crippen molar-refractivity contribution >= 4 is 28.5 Å². The normalized spacial score (nSPS) is 15.8. The molecule has 158 valence electrons. The minimum Gasteiger partial charge on any atom is -0.481 e. The number of benzene rings is 2. The van der Waals surface area contributed by atoms with Crippen LogP contribution in [0.5, 0.6) is 0 Å². The number of aliphatic carboxylic acids is 1. The van der Waals surface area contributed by atoms with E-state index in [1.54, 1.807) is 0 Å². The molecular formula is C24H23N3O4. The summed E-state index contributed by atoms with van der Waals surface area (Å²) in [4.78, 5) is 39.2. The van der Waals surface area contributed by atoms with Crippen molar-refractivity contribution in [3.63, 3.8) is 0 Å². The summed E-state index contributed by atoms with van der Waals surface area (Å²) in [5.74, 6) is -1.39. The van der Waals surface area contributed by atoms with Crippen molar-refractivity contribution in [2.45, 2.75) is 38.6 Å². The lowest BCUT2D eigenvalue weighted by molar-refractivity contribution is -0.141. The number of aryl methyl sites for hydroxylation is 1. The molecule has 7 nitrogen and oxygen atoms in total. The van der Waals surface area contributed by atoms with E-state index in [0.717, 1.165) is 27.7 Å². The number of nitrogens with one attached hydrogen (secondary N) is 1. The summed E-state index contributed by atoms with van der Waals surface area (Å²) in [6, 6.07) is 16.9. The predicted molar refractivity (Wildman–Crippen MR) is 118 cm³/mol. The molecule has 3 aromatic rings. The number of nitrogens with zero attached hydrogens (tertiary/aromatic N) is 2. The van der Waals surface area contributed by atoms with Crippen molar-refractivity contribution in [1.82, 2.24) is 9.99 Å². The molecule has 2 heterocycles. The molecule has 1 aliphatic rings. The number of carbonyl (C=O) groups excluding carboxylic acids is 1. The number of aromatic nitrogens is 1. The van der Waals surface area contributed by atoms with Crippen molar-refractivity contribution in [2.75, 3.05) is 0 Å². The summed E-state index contributed by atoms with van der Waals surface area (Å²) in [5, 5.41) is 15.8. The summed E-state index contributed by atoms with van der Waals surface area (Å²) >= 11 is 0. The molecule has 0 spiro atoms. The number of carbonyl (C=O) groups is 2. The van der Waals surface area contributed by atoms with Crippen LogP contribution < -0.4 is 5.56 Å². The van der Waals surface area contributed by atoms with Gasteiger partial charge in [0.1, 0.15) is 0 Å². The Hall–Kier alpha value is -3.74. The van der Waals surface area contributed by atoms with Gasteiger partial charge in [-0.25, -0.2) is 5.01 Å². The Bertz CT molecular complexity index is 1230. The molecule has 1 unspecified atom stereocenters. The van der Waals surface area contributed by atoms with Crippen LogP contribution in [0.25, 0.3) is 10.9 Å². The van der Waals surface area contributed by atoms with Crippen molar-refractivity contribution in [3.8, 4) is 0 Å². The lowest BCUT2D eigenvalue weighted by atomic mass is 9.98. The van der Waals surface area contributed by atoms with Crippen molar-refractivity contribution in [2.24, 2.45) is 5.10 Å². The van der Waals surface area contributed by atoms with Gasteiger partial charge in [0, 0.05) is 30.3 Å². The number of carboxylic acid groups (broad SMARTS) is 1. The molecule has 0 bridgehead atoms. The number of hydrogen-bond acceptors (Lipinski definition) is 4. The molecule has 0 saturated heterocycles. The fourth-order valence-corrected chi connectivity index (χ4v) is 3.89. The van der Waals surface area contributed by atoms with Crippen LogP contribution >= 0.6 is 0 Å². The number of H-pyrrole nitrogens is 1. The van der Waals surface area contributed by atoms with Gasteiger partial charge in [0.2, 0.25) is 5.91 Å². The van der Waals surface area contributed by atoms with Gasteiger partial charge in [-0.2, -0.15) is 5.10 Å². The second kappa shape index (κ2) is 8.55. The van der Waals surface area contributed by atoms with Crippen molar-refractivity contribution in [1.29, 1.82) is 0 Å². The zero-order valence-corrected chi connectivity index (χ0v) is 17.2. The topological polar surface area (TPSA) is 103 Å². The minimum absolute atomic E-state index is 0.134. The van der Waals surface area contributed by atoms with Crippen molar-refractivity contribution < 1.29 is 14.7 Å². The third-order valence-corrected chi connectivity index (χ3v) is 5.45. The predicted octanol–water partition coefficient (Wildman–Crippen LogP) is 3.25. The highest BCUT2D eigenvalue weighted by atomic mass is 16.4. The molecule has 0 aliphatic carbocycles. The molecule has 1 aromatic heterocycles. The third-order valence-electron chi connectivity index (χ3n) is 5.45. The number of pyridine rings is 1. The molecule has 2 N–H and O–H groups in total. The number of fused-ring (bicyclic) bond motifs is 1. The summed E-state index contributed by atoms with van der Waals surface area (Å²) in [6.45, 7) is 1.99. The van der Waals surface area contributed by atoms with Crippen molar-refractivity contribution in [3.05, 3.63) is 81.6 Å². The van der Waals surface area contributed by atoms with Gasteiger partial charge in [-0.05, 0) is 36.1 Å². The number of hydrogen-bond donors (Lipinski definition) is 2. The summed E-state index contributed by atoms with van der Waals surface area (Å²) < 4.78 is 0. The Balaban J connectivity index is 1.64. The first-order chi connectivity index (χ1) is 14.9. The Kier molecular flexibility index (Phi) is 5.66. The van der Waals surface area contributed by atoms with E-state index in [-0.39, 0.29) is 30.3 Å². The van der Waals surface area contributed by atoms with Crippen LogP contribution in [0.1, 0.15) is 36.0 Å². The number of carboxylic acids is 1. The van der Waals surface area contributed by atoms with Gasteiger partial charge >= 0.3 is 5.97 Å². The Labute approximate surface area is 179 Å². The molecule has 1 aliphatic heterocycles.